The number of nitrogens with one attached hydrogen (secondary N) is 3. The van der Waals surface area contributed by atoms with Crippen LogP contribution in [-0.2, 0) is 24.0 Å². The first-order valence-electron chi connectivity index (χ1n) is 8.94. The molecule has 0 radical (unpaired) electrons. The predicted octanol–water partition coefficient (Wildman–Crippen LogP) is -1.34. The third kappa shape index (κ3) is 9.31. The molecule has 0 saturated heterocycles. The fraction of sp³-hybridized carbons (Fsp3) is 0.706. The van der Waals surface area contributed by atoms with Gasteiger partial charge in [-0.1, -0.05) is 27.7 Å². The molecule has 0 aromatic carbocycles. The summed E-state index contributed by atoms with van der Waals surface area (Å²) in [4.78, 5) is 58.1. The van der Waals surface area contributed by atoms with Gasteiger partial charge in [0.1, 0.15) is 12.1 Å². The molecule has 0 rings (SSSR count). The molecule has 3 amide bonds. The fourth-order valence-electron chi connectivity index (χ4n) is 2.14. The Kier molecular flexibility index (Phi) is 10.8. The molecule has 0 aromatic rings. The summed E-state index contributed by atoms with van der Waals surface area (Å²) in [6.07, 6.45) is -0.570. The second kappa shape index (κ2) is 11.9. The van der Waals surface area contributed by atoms with Crippen LogP contribution in [0.2, 0.25) is 0 Å². The van der Waals surface area contributed by atoms with Crippen molar-refractivity contribution >= 4 is 29.7 Å². The largest absolute Gasteiger partial charge is 0.481 e. The first kappa shape index (κ1) is 25.3. The van der Waals surface area contributed by atoms with Gasteiger partial charge in [-0.3, -0.25) is 19.2 Å². The predicted molar refractivity (Wildman–Crippen MR) is 99.0 cm³/mol. The molecule has 0 bridgehead atoms. The summed E-state index contributed by atoms with van der Waals surface area (Å²) < 4.78 is 0. The number of carbonyl (C=O) groups is 5. The lowest BCUT2D eigenvalue weighted by molar-refractivity contribution is -0.143. The Bertz CT molecular complexity index is 592. The van der Waals surface area contributed by atoms with Gasteiger partial charge in [-0.05, 0) is 18.3 Å². The van der Waals surface area contributed by atoms with E-state index in [1.165, 1.54) is 0 Å². The van der Waals surface area contributed by atoms with Crippen molar-refractivity contribution in [1.82, 2.24) is 16.0 Å². The summed E-state index contributed by atoms with van der Waals surface area (Å²) in [5.74, 6) is -5.03. The molecular formula is C17H30N4O7. The molecule has 28 heavy (non-hydrogen) atoms. The molecule has 160 valence electrons. The summed E-state index contributed by atoms with van der Waals surface area (Å²) in [6, 6.07) is -3.19. The fourth-order valence-corrected chi connectivity index (χ4v) is 2.14. The van der Waals surface area contributed by atoms with Crippen LogP contribution in [0.15, 0.2) is 0 Å². The average Bonchev–Trinajstić information content (AvgIpc) is 2.59. The molecule has 0 aliphatic rings. The molecule has 0 saturated carbocycles. The number of aliphatic carboxylic acids is 2. The van der Waals surface area contributed by atoms with E-state index in [4.69, 9.17) is 15.9 Å². The van der Waals surface area contributed by atoms with E-state index in [0.717, 1.165) is 0 Å². The highest BCUT2D eigenvalue weighted by Crippen LogP contribution is 2.03. The van der Waals surface area contributed by atoms with Gasteiger partial charge in [0.2, 0.25) is 17.7 Å². The van der Waals surface area contributed by atoms with Crippen molar-refractivity contribution in [3.63, 3.8) is 0 Å². The number of amides is 3. The van der Waals surface area contributed by atoms with Gasteiger partial charge in [0, 0.05) is 6.42 Å². The molecule has 3 atom stereocenters. The van der Waals surface area contributed by atoms with Crippen molar-refractivity contribution in [2.75, 3.05) is 6.54 Å². The van der Waals surface area contributed by atoms with E-state index >= 15 is 0 Å². The molecule has 0 aliphatic carbocycles. The van der Waals surface area contributed by atoms with Crippen molar-refractivity contribution in [1.29, 1.82) is 0 Å². The van der Waals surface area contributed by atoms with Gasteiger partial charge in [0.05, 0.1) is 12.6 Å². The van der Waals surface area contributed by atoms with Crippen LogP contribution in [0.25, 0.3) is 0 Å². The molecule has 0 spiro atoms. The molecule has 0 fully saturated rings. The Morgan fingerprint density at radius 3 is 1.89 bits per heavy atom. The number of carboxylic acid groups (broad SMARTS) is 2. The number of carbonyl (C=O) groups excluding carboxylic acids is 3. The molecule has 0 aliphatic heterocycles. The number of nitrogens with two attached hydrogens (primary N) is 1. The highest BCUT2D eigenvalue weighted by molar-refractivity contribution is 5.92. The lowest BCUT2D eigenvalue weighted by Gasteiger charge is -2.22. The molecule has 0 aromatic heterocycles. The van der Waals surface area contributed by atoms with E-state index in [0.29, 0.717) is 0 Å². The smallest absolute Gasteiger partial charge is 0.326 e. The minimum Gasteiger partial charge on any atom is -0.481 e. The van der Waals surface area contributed by atoms with Crippen LogP contribution in [0, 0.1) is 11.8 Å². The van der Waals surface area contributed by atoms with Crippen molar-refractivity contribution in [3.05, 3.63) is 0 Å². The molecule has 3 unspecified atom stereocenters. The summed E-state index contributed by atoms with van der Waals surface area (Å²) in [5.41, 5.74) is 5.72. The normalized spacial score (nSPS) is 14.1. The van der Waals surface area contributed by atoms with Gasteiger partial charge in [-0.2, -0.15) is 0 Å². The van der Waals surface area contributed by atoms with Gasteiger partial charge in [-0.15, -0.1) is 0 Å². The van der Waals surface area contributed by atoms with Gasteiger partial charge in [0.25, 0.3) is 0 Å². The Balaban J connectivity index is 4.90. The second-order valence-electron chi connectivity index (χ2n) is 7.11. The van der Waals surface area contributed by atoms with E-state index in [-0.39, 0.29) is 24.7 Å². The standard InChI is InChI=1S/C17H30N4O7/c1-8(2)13(18)16(26)20-10(5-6-12(23)24)15(25)19-7-11(22)21-14(9(3)4)17(27)28/h8-10,13-14H,5-7,18H2,1-4H3,(H,19,25)(H,20,26)(H,21,22)(H,23,24)(H,27,28). The lowest BCUT2D eigenvalue weighted by atomic mass is 10.0. The zero-order valence-corrected chi connectivity index (χ0v) is 16.5. The number of rotatable bonds is 12. The van der Waals surface area contributed by atoms with Crippen LogP contribution < -0.4 is 21.7 Å². The van der Waals surface area contributed by atoms with Gasteiger partial charge in [-0.25, -0.2) is 4.79 Å². The van der Waals surface area contributed by atoms with Crippen LogP contribution in [0.4, 0.5) is 0 Å². The third-order valence-electron chi connectivity index (χ3n) is 3.97. The maximum absolute atomic E-state index is 12.3. The monoisotopic (exact) mass is 402 g/mol. The van der Waals surface area contributed by atoms with Crippen molar-refractivity contribution < 1.29 is 34.2 Å². The highest BCUT2D eigenvalue weighted by atomic mass is 16.4. The topological polar surface area (TPSA) is 188 Å². The zero-order valence-electron chi connectivity index (χ0n) is 16.5. The van der Waals surface area contributed by atoms with E-state index in [1.807, 2.05) is 0 Å². The van der Waals surface area contributed by atoms with E-state index in [9.17, 15) is 24.0 Å². The Morgan fingerprint density at radius 1 is 0.893 bits per heavy atom. The molecule has 11 heteroatoms. The average molecular weight is 402 g/mol. The Morgan fingerprint density at radius 2 is 1.46 bits per heavy atom. The number of hydrogen-bond acceptors (Lipinski definition) is 6. The van der Waals surface area contributed by atoms with Gasteiger partial charge in [0.15, 0.2) is 0 Å². The van der Waals surface area contributed by atoms with Crippen molar-refractivity contribution in [2.24, 2.45) is 17.6 Å². The van der Waals surface area contributed by atoms with Crippen LogP contribution in [-0.4, -0.2) is 64.5 Å². The van der Waals surface area contributed by atoms with Crippen LogP contribution in [0.1, 0.15) is 40.5 Å². The molecule has 11 nitrogen and oxygen atoms in total. The maximum Gasteiger partial charge on any atom is 0.326 e. The second-order valence-corrected chi connectivity index (χ2v) is 7.11. The third-order valence-corrected chi connectivity index (χ3v) is 3.97. The minimum absolute atomic E-state index is 0.191. The summed E-state index contributed by atoms with van der Waals surface area (Å²) in [6.45, 7) is 6.15. The molecule has 0 heterocycles. The summed E-state index contributed by atoms with van der Waals surface area (Å²) in [7, 11) is 0. The quantitative estimate of drug-likeness (QED) is 0.231. The first-order chi connectivity index (χ1) is 12.9. The van der Waals surface area contributed by atoms with Crippen molar-refractivity contribution in [3.8, 4) is 0 Å². The first-order valence-corrected chi connectivity index (χ1v) is 8.94. The zero-order chi connectivity index (χ0) is 22.0. The number of hydrogen-bond donors (Lipinski definition) is 6. The SMILES string of the molecule is CC(C)C(N)C(=O)NC(CCC(=O)O)C(=O)NCC(=O)NC(C(=O)O)C(C)C. The van der Waals surface area contributed by atoms with E-state index < -0.39 is 54.3 Å². The summed E-state index contributed by atoms with van der Waals surface area (Å²) in [5, 5.41) is 24.8. The van der Waals surface area contributed by atoms with Gasteiger partial charge < -0.3 is 31.9 Å². The minimum atomic E-state index is -1.20. The Hall–Kier alpha value is -2.69. The van der Waals surface area contributed by atoms with Crippen LogP contribution >= 0.6 is 0 Å². The lowest BCUT2D eigenvalue weighted by Crippen LogP contribution is -2.54. The van der Waals surface area contributed by atoms with Crippen LogP contribution in [0.5, 0.6) is 0 Å². The maximum atomic E-state index is 12.3. The highest BCUT2D eigenvalue weighted by Gasteiger charge is 2.27. The summed E-state index contributed by atoms with van der Waals surface area (Å²) >= 11 is 0. The molecule has 7 N–H and O–H groups in total. The van der Waals surface area contributed by atoms with Crippen molar-refractivity contribution in [2.45, 2.75) is 58.7 Å². The molecular weight excluding hydrogens is 372 g/mol. The van der Waals surface area contributed by atoms with Crippen LogP contribution in [0.3, 0.4) is 0 Å². The Labute approximate surface area is 163 Å². The van der Waals surface area contributed by atoms with E-state index in [2.05, 4.69) is 16.0 Å². The van der Waals surface area contributed by atoms with Gasteiger partial charge >= 0.3 is 11.9 Å². The number of carboxylic acids is 2. The van der Waals surface area contributed by atoms with E-state index in [1.54, 1.807) is 27.7 Å².